The first-order valence-electron chi connectivity index (χ1n) is 6.26. The lowest BCUT2D eigenvalue weighted by molar-refractivity contribution is 0.590. The van der Waals surface area contributed by atoms with Crippen molar-refractivity contribution >= 4 is 21.6 Å². The minimum absolute atomic E-state index is 0.259. The molecule has 4 nitrogen and oxygen atoms in total. The van der Waals surface area contributed by atoms with E-state index in [0.717, 1.165) is 16.9 Å². The molecule has 1 atom stereocenters. The summed E-state index contributed by atoms with van der Waals surface area (Å²) in [5.41, 5.74) is 2.28. The molecule has 0 saturated heterocycles. The number of nitrogens with zero attached hydrogens (tertiary/aromatic N) is 3. The van der Waals surface area contributed by atoms with Crippen LogP contribution in [0.4, 0.5) is 0 Å². The van der Waals surface area contributed by atoms with Gasteiger partial charge in [-0.1, -0.05) is 12.1 Å². The van der Waals surface area contributed by atoms with Crippen LogP contribution >= 0.6 is 11.3 Å². The molecular weight excluding hydrogens is 256 g/mol. The van der Waals surface area contributed by atoms with E-state index in [-0.39, 0.29) is 6.04 Å². The van der Waals surface area contributed by atoms with Crippen LogP contribution < -0.4 is 5.32 Å². The quantitative estimate of drug-likeness (QED) is 0.793. The van der Waals surface area contributed by atoms with Crippen molar-refractivity contribution in [1.82, 2.24) is 20.1 Å². The molecule has 0 aliphatic rings. The third-order valence-electron chi connectivity index (χ3n) is 3.19. The minimum atomic E-state index is 0.259. The molecular formula is C14H16N4S. The Morgan fingerprint density at radius 1 is 1.37 bits per heavy atom. The SMILES string of the molecule is CNC(Cc1nc2ccccc2s1)c1cnn(C)c1. The molecule has 19 heavy (non-hydrogen) atoms. The Bertz CT molecular complexity index is 652. The molecule has 0 spiro atoms. The predicted octanol–water partition coefficient (Wildman–Crippen LogP) is 2.53. The standard InChI is InChI=1S/C14H16N4S/c1-15-12(10-8-16-18(2)9-10)7-14-17-11-5-3-4-6-13(11)19-14/h3-6,8-9,12,15H,7H2,1-2H3. The third-order valence-corrected chi connectivity index (χ3v) is 4.25. The van der Waals surface area contributed by atoms with Gasteiger partial charge in [-0.25, -0.2) is 4.98 Å². The molecule has 1 N–H and O–H groups in total. The van der Waals surface area contributed by atoms with Gasteiger partial charge in [0.25, 0.3) is 0 Å². The Balaban J connectivity index is 1.86. The van der Waals surface area contributed by atoms with Gasteiger partial charge < -0.3 is 5.32 Å². The smallest absolute Gasteiger partial charge is 0.0957 e. The molecule has 0 radical (unpaired) electrons. The van der Waals surface area contributed by atoms with Crippen molar-refractivity contribution in [1.29, 1.82) is 0 Å². The first-order valence-corrected chi connectivity index (χ1v) is 7.08. The monoisotopic (exact) mass is 272 g/mol. The van der Waals surface area contributed by atoms with E-state index >= 15 is 0 Å². The van der Waals surface area contributed by atoms with Gasteiger partial charge in [0.05, 0.1) is 21.4 Å². The van der Waals surface area contributed by atoms with Crippen LogP contribution in [0.5, 0.6) is 0 Å². The Kier molecular flexibility index (Phi) is 3.31. The average molecular weight is 272 g/mol. The van der Waals surface area contributed by atoms with Crippen LogP contribution in [0.15, 0.2) is 36.7 Å². The summed E-state index contributed by atoms with van der Waals surface area (Å²) in [5.74, 6) is 0. The van der Waals surface area contributed by atoms with Gasteiger partial charge in [0, 0.05) is 31.3 Å². The molecule has 0 aliphatic heterocycles. The number of rotatable bonds is 4. The second kappa shape index (κ2) is 5.11. The van der Waals surface area contributed by atoms with Gasteiger partial charge >= 0.3 is 0 Å². The van der Waals surface area contributed by atoms with Gasteiger partial charge in [-0.3, -0.25) is 4.68 Å². The highest BCUT2D eigenvalue weighted by Gasteiger charge is 2.14. The highest BCUT2D eigenvalue weighted by atomic mass is 32.1. The molecule has 0 fully saturated rings. The number of para-hydroxylation sites is 1. The van der Waals surface area contributed by atoms with Crippen LogP contribution in [0.1, 0.15) is 16.6 Å². The highest BCUT2D eigenvalue weighted by Crippen LogP contribution is 2.25. The fourth-order valence-corrected chi connectivity index (χ4v) is 3.20. The van der Waals surface area contributed by atoms with Crippen LogP contribution in [-0.4, -0.2) is 21.8 Å². The van der Waals surface area contributed by atoms with E-state index in [9.17, 15) is 0 Å². The first-order chi connectivity index (χ1) is 9.26. The van der Waals surface area contributed by atoms with Crippen molar-refractivity contribution in [2.24, 2.45) is 7.05 Å². The van der Waals surface area contributed by atoms with Gasteiger partial charge in [-0.2, -0.15) is 5.10 Å². The third kappa shape index (κ3) is 2.52. The van der Waals surface area contributed by atoms with E-state index < -0.39 is 0 Å². The fraction of sp³-hybridized carbons (Fsp3) is 0.286. The van der Waals surface area contributed by atoms with Crippen molar-refractivity contribution in [3.63, 3.8) is 0 Å². The van der Waals surface area contributed by atoms with Crippen LogP contribution in [0, 0.1) is 0 Å². The van der Waals surface area contributed by atoms with Crippen molar-refractivity contribution in [3.05, 3.63) is 47.2 Å². The molecule has 3 rings (SSSR count). The minimum Gasteiger partial charge on any atom is -0.313 e. The lowest BCUT2D eigenvalue weighted by Gasteiger charge is -2.12. The van der Waals surface area contributed by atoms with Crippen molar-refractivity contribution in [2.45, 2.75) is 12.5 Å². The molecule has 0 bridgehead atoms. The summed E-state index contributed by atoms with van der Waals surface area (Å²) in [6.45, 7) is 0. The number of aromatic nitrogens is 3. The number of hydrogen-bond donors (Lipinski definition) is 1. The summed E-state index contributed by atoms with van der Waals surface area (Å²) < 4.78 is 3.08. The zero-order valence-electron chi connectivity index (χ0n) is 11.0. The number of likely N-dealkylation sites (N-methyl/N-ethyl adjacent to an activating group) is 1. The molecule has 98 valence electrons. The van der Waals surface area contributed by atoms with Gasteiger partial charge in [0.1, 0.15) is 0 Å². The molecule has 0 aliphatic carbocycles. The summed E-state index contributed by atoms with van der Waals surface area (Å²) >= 11 is 1.76. The van der Waals surface area contributed by atoms with Crippen molar-refractivity contribution in [2.75, 3.05) is 7.05 Å². The molecule has 1 aromatic carbocycles. The molecule has 1 unspecified atom stereocenters. The van der Waals surface area contributed by atoms with Crippen LogP contribution in [0.3, 0.4) is 0 Å². The second-order valence-corrected chi connectivity index (χ2v) is 5.68. The maximum atomic E-state index is 4.68. The average Bonchev–Trinajstić information content (AvgIpc) is 3.01. The zero-order valence-corrected chi connectivity index (χ0v) is 11.8. The van der Waals surface area contributed by atoms with Crippen LogP contribution in [0.2, 0.25) is 0 Å². The molecule has 0 saturated carbocycles. The second-order valence-electron chi connectivity index (χ2n) is 4.57. The summed E-state index contributed by atoms with van der Waals surface area (Å²) in [5, 5.41) is 8.72. The number of benzene rings is 1. The maximum Gasteiger partial charge on any atom is 0.0957 e. The molecule has 3 aromatic rings. The molecule has 5 heteroatoms. The Labute approximate surface area is 116 Å². The number of fused-ring (bicyclic) bond motifs is 1. The van der Waals surface area contributed by atoms with E-state index in [1.54, 1.807) is 11.3 Å². The molecule has 2 heterocycles. The van der Waals surface area contributed by atoms with E-state index in [1.165, 1.54) is 10.3 Å². The van der Waals surface area contributed by atoms with E-state index in [0.29, 0.717) is 0 Å². The van der Waals surface area contributed by atoms with E-state index in [4.69, 9.17) is 0 Å². The van der Waals surface area contributed by atoms with Crippen molar-refractivity contribution < 1.29 is 0 Å². The topological polar surface area (TPSA) is 42.7 Å². The largest absolute Gasteiger partial charge is 0.313 e. The highest BCUT2D eigenvalue weighted by molar-refractivity contribution is 7.18. The van der Waals surface area contributed by atoms with Crippen molar-refractivity contribution in [3.8, 4) is 0 Å². The van der Waals surface area contributed by atoms with E-state index in [1.807, 2.05) is 31.0 Å². The van der Waals surface area contributed by atoms with Gasteiger partial charge in [-0.05, 0) is 19.2 Å². The van der Waals surface area contributed by atoms with Gasteiger partial charge in [0.15, 0.2) is 0 Å². The summed E-state index contributed by atoms with van der Waals surface area (Å²) in [6, 6.07) is 8.53. The van der Waals surface area contributed by atoms with Gasteiger partial charge in [0.2, 0.25) is 0 Å². The van der Waals surface area contributed by atoms with Crippen LogP contribution in [0.25, 0.3) is 10.2 Å². The normalized spacial score (nSPS) is 12.9. The number of hydrogen-bond acceptors (Lipinski definition) is 4. The molecule has 0 amide bonds. The number of nitrogens with one attached hydrogen (secondary N) is 1. The Morgan fingerprint density at radius 2 is 2.21 bits per heavy atom. The summed E-state index contributed by atoms with van der Waals surface area (Å²) in [7, 11) is 3.92. The lowest BCUT2D eigenvalue weighted by Crippen LogP contribution is -2.18. The lowest BCUT2D eigenvalue weighted by atomic mass is 10.1. The fourth-order valence-electron chi connectivity index (χ4n) is 2.19. The Morgan fingerprint density at radius 3 is 2.89 bits per heavy atom. The van der Waals surface area contributed by atoms with Crippen LogP contribution in [-0.2, 0) is 13.5 Å². The molecule has 2 aromatic heterocycles. The summed E-state index contributed by atoms with van der Waals surface area (Å²) in [6.07, 6.45) is 4.85. The number of thiazole rings is 1. The first kappa shape index (κ1) is 12.3. The van der Waals surface area contributed by atoms with E-state index in [2.05, 4.69) is 39.8 Å². The zero-order chi connectivity index (χ0) is 13.2. The van der Waals surface area contributed by atoms with Gasteiger partial charge in [-0.15, -0.1) is 11.3 Å². The maximum absolute atomic E-state index is 4.68. The number of aryl methyl sites for hydroxylation is 1. The predicted molar refractivity (Wildman–Crippen MR) is 78.3 cm³/mol. The Hall–Kier alpha value is -1.72. The summed E-state index contributed by atoms with van der Waals surface area (Å²) in [4.78, 5) is 4.68.